The molecule has 0 bridgehead atoms. The Morgan fingerprint density at radius 2 is 2.33 bits per heavy atom. The van der Waals surface area contributed by atoms with Crippen molar-refractivity contribution in [3.05, 3.63) is 16.6 Å². The van der Waals surface area contributed by atoms with E-state index in [1.165, 1.54) is 23.3 Å². The van der Waals surface area contributed by atoms with Crippen molar-refractivity contribution in [3.8, 4) is 0 Å². The maximum atomic E-state index is 11.9. The number of aromatic nitrogens is 1. The van der Waals surface area contributed by atoms with Crippen molar-refractivity contribution in [2.75, 3.05) is 14.2 Å². The molecule has 7 heteroatoms. The molecular weight excluding hydrogens is 254 g/mol. The maximum absolute atomic E-state index is 11.9. The van der Waals surface area contributed by atoms with Crippen molar-refractivity contribution in [3.63, 3.8) is 0 Å². The van der Waals surface area contributed by atoms with Crippen molar-refractivity contribution < 1.29 is 14.3 Å². The third kappa shape index (κ3) is 3.99. The zero-order valence-electron chi connectivity index (χ0n) is 10.7. The summed E-state index contributed by atoms with van der Waals surface area (Å²) in [4.78, 5) is 29.6. The molecule has 6 nitrogen and oxygen atoms in total. The number of rotatable bonds is 5. The van der Waals surface area contributed by atoms with Gasteiger partial charge in [-0.25, -0.2) is 9.59 Å². The molecule has 0 aliphatic rings. The van der Waals surface area contributed by atoms with Crippen LogP contribution in [0.1, 0.15) is 18.2 Å². The average molecular weight is 271 g/mol. The van der Waals surface area contributed by atoms with Crippen LogP contribution in [0.4, 0.5) is 4.79 Å². The van der Waals surface area contributed by atoms with Crippen LogP contribution in [-0.2, 0) is 16.1 Å². The molecule has 0 aromatic carbocycles. The van der Waals surface area contributed by atoms with E-state index in [0.717, 1.165) is 4.88 Å². The van der Waals surface area contributed by atoms with Gasteiger partial charge in [-0.1, -0.05) is 6.92 Å². The Hall–Kier alpha value is -1.63. The SMILES string of the molecule is CC[C@H](NC(=O)N(C)Cc1cncs1)C(=O)OC. The molecule has 1 N–H and O–H groups in total. The van der Waals surface area contributed by atoms with Crippen LogP contribution >= 0.6 is 11.3 Å². The molecule has 1 aromatic heterocycles. The summed E-state index contributed by atoms with van der Waals surface area (Å²) >= 11 is 1.48. The summed E-state index contributed by atoms with van der Waals surface area (Å²) in [5.74, 6) is -0.433. The van der Waals surface area contributed by atoms with Gasteiger partial charge in [0.25, 0.3) is 0 Å². The molecule has 1 rings (SSSR count). The van der Waals surface area contributed by atoms with Crippen LogP contribution < -0.4 is 5.32 Å². The zero-order chi connectivity index (χ0) is 13.5. The zero-order valence-corrected chi connectivity index (χ0v) is 11.5. The predicted molar refractivity (Wildman–Crippen MR) is 68.2 cm³/mol. The molecule has 0 saturated heterocycles. The van der Waals surface area contributed by atoms with E-state index in [0.29, 0.717) is 13.0 Å². The smallest absolute Gasteiger partial charge is 0.328 e. The van der Waals surface area contributed by atoms with E-state index in [-0.39, 0.29) is 6.03 Å². The minimum absolute atomic E-state index is 0.305. The Balaban J connectivity index is 2.50. The Labute approximate surface area is 110 Å². The number of methoxy groups -OCH3 is 1. The number of amides is 2. The van der Waals surface area contributed by atoms with E-state index in [9.17, 15) is 9.59 Å². The minimum atomic E-state index is -0.605. The van der Waals surface area contributed by atoms with E-state index in [1.807, 2.05) is 6.92 Å². The number of hydrogen-bond donors (Lipinski definition) is 1. The van der Waals surface area contributed by atoms with Gasteiger partial charge in [0.1, 0.15) is 6.04 Å². The second-order valence-corrected chi connectivity index (χ2v) is 4.73. The predicted octanol–water partition coefficient (Wildman–Crippen LogP) is 1.24. The first-order chi connectivity index (χ1) is 8.58. The summed E-state index contributed by atoms with van der Waals surface area (Å²) in [6.07, 6.45) is 2.21. The highest BCUT2D eigenvalue weighted by Crippen LogP contribution is 2.08. The van der Waals surface area contributed by atoms with Crippen LogP contribution in [0, 0.1) is 0 Å². The minimum Gasteiger partial charge on any atom is -0.467 e. The van der Waals surface area contributed by atoms with Gasteiger partial charge in [0.2, 0.25) is 0 Å². The number of ether oxygens (including phenoxy) is 1. The van der Waals surface area contributed by atoms with E-state index in [2.05, 4.69) is 15.0 Å². The standard InChI is InChI=1S/C11H17N3O3S/c1-4-9(10(15)17-3)13-11(16)14(2)6-8-5-12-7-18-8/h5,7,9H,4,6H2,1-3H3,(H,13,16)/t9-/m0/s1. The highest BCUT2D eigenvalue weighted by molar-refractivity contribution is 7.09. The quantitative estimate of drug-likeness (QED) is 0.818. The molecule has 1 heterocycles. The molecule has 0 aliphatic carbocycles. The number of carbonyl (C=O) groups excluding carboxylic acids is 2. The lowest BCUT2D eigenvalue weighted by Crippen LogP contribution is -2.46. The first-order valence-corrected chi connectivity index (χ1v) is 6.43. The Kier molecular flexibility index (Phi) is 5.57. The van der Waals surface area contributed by atoms with E-state index in [1.54, 1.807) is 18.8 Å². The fourth-order valence-electron chi connectivity index (χ4n) is 1.35. The van der Waals surface area contributed by atoms with E-state index in [4.69, 9.17) is 0 Å². The van der Waals surface area contributed by atoms with Crippen molar-refractivity contribution in [1.82, 2.24) is 15.2 Å². The van der Waals surface area contributed by atoms with Gasteiger partial charge < -0.3 is 15.0 Å². The van der Waals surface area contributed by atoms with Crippen molar-refractivity contribution in [1.29, 1.82) is 0 Å². The number of esters is 1. The normalized spacial score (nSPS) is 11.7. The number of thiazole rings is 1. The summed E-state index contributed by atoms with van der Waals surface area (Å²) < 4.78 is 4.61. The molecule has 0 aliphatic heterocycles. The van der Waals surface area contributed by atoms with E-state index < -0.39 is 12.0 Å². The highest BCUT2D eigenvalue weighted by atomic mass is 32.1. The Morgan fingerprint density at radius 1 is 1.61 bits per heavy atom. The van der Waals surface area contributed by atoms with Gasteiger partial charge in [0.15, 0.2) is 0 Å². The summed E-state index contributed by atoms with van der Waals surface area (Å²) in [6.45, 7) is 2.28. The van der Waals surface area contributed by atoms with Crippen LogP contribution in [0.3, 0.4) is 0 Å². The lowest BCUT2D eigenvalue weighted by atomic mass is 10.2. The average Bonchev–Trinajstić information content (AvgIpc) is 2.87. The van der Waals surface area contributed by atoms with Crippen LogP contribution in [-0.4, -0.2) is 42.1 Å². The highest BCUT2D eigenvalue weighted by Gasteiger charge is 2.21. The molecule has 100 valence electrons. The van der Waals surface area contributed by atoms with Gasteiger partial charge in [-0.3, -0.25) is 4.98 Å². The molecule has 2 amide bonds. The fraction of sp³-hybridized carbons (Fsp3) is 0.545. The second-order valence-electron chi connectivity index (χ2n) is 3.76. The lowest BCUT2D eigenvalue weighted by Gasteiger charge is -2.20. The third-order valence-electron chi connectivity index (χ3n) is 2.41. The molecule has 0 saturated carbocycles. The van der Waals surface area contributed by atoms with Gasteiger partial charge in [-0.2, -0.15) is 0 Å². The topological polar surface area (TPSA) is 71.5 Å². The monoisotopic (exact) mass is 271 g/mol. The number of carbonyl (C=O) groups is 2. The van der Waals surface area contributed by atoms with Crippen molar-refractivity contribution in [2.24, 2.45) is 0 Å². The van der Waals surface area contributed by atoms with Crippen LogP contribution in [0.15, 0.2) is 11.7 Å². The fourth-order valence-corrected chi connectivity index (χ4v) is 2.00. The number of urea groups is 1. The molecular formula is C11H17N3O3S. The molecule has 0 unspecified atom stereocenters. The van der Waals surface area contributed by atoms with Crippen LogP contribution in [0.5, 0.6) is 0 Å². The van der Waals surface area contributed by atoms with Crippen molar-refractivity contribution in [2.45, 2.75) is 25.9 Å². The number of nitrogens with zero attached hydrogens (tertiary/aromatic N) is 2. The van der Waals surface area contributed by atoms with Gasteiger partial charge in [0, 0.05) is 18.1 Å². The summed E-state index contributed by atoms with van der Waals surface area (Å²) in [7, 11) is 2.97. The van der Waals surface area contributed by atoms with Gasteiger partial charge in [-0.15, -0.1) is 11.3 Å². The van der Waals surface area contributed by atoms with Gasteiger partial charge in [0.05, 0.1) is 19.2 Å². The first-order valence-electron chi connectivity index (χ1n) is 5.55. The largest absolute Gasteiger partial charge is 0.467 e. The summed E-state index contributed by atoms with van der Waals surface area (Å²) in [5.41, 5.74) is 1.71. The van der Waals surface area contributed by atoms with Gasteiger partial charge >= 0.3 is 12.0 Å². The lowest BCUT2D eigenvalue weighted by molar-refractivity contribution is -0.142. The Morgan fingerprint density at radius 3 is 2.83 bits per heavy atom. The summed E-state index contributed by atoms with van der Waals surface area (Å²) in [5, 5.41) is 2.63. The maximum Gasteiger partial charge on any atom is 0.328 e. The molecule has 18 heavy (non-hydrogen) atoms. The molecule has 0 radical (unpaired) electrons. The number of nitrogens with one attached hydrogen (secondary N) is 1. The Bertz CT molecular complexity index is 394. The third-order valence-corrected chi connectivity index (χ3v) is 3.18. The summed E-state index contributed by atoms with van der Waals surface area (Å²) in [6, 6.07) is -0.910. The van der Waals surface area contributed by atoms with Crippen molar-refractivity contribution >= 4 is 23.3 Å². The molecule has 1 aromatic rings. The molecule has 0 fully saturated rings. The van der Waals surface area contributed by atoms with Gasteiger partial charge in [-0.05, 0) is 6.42 Å². The van der Waals surface area contributed by atoms with E-state index >= 15 is 0 Å². The second kappa shape index (κ2) is 6.95. The first kappa shape index (κ1) is 14.4. The molecule has 1 atom stereocenters. The number of hydrogen-bond acceptors (Lipinski definition) is 5. The van der Waals surface area contributed by atoms with Crippen LogP contribution in [0.25, 0.3) is 0 Å². The van der Waals surface area contributed by atoms with Crippen LogP contribution in [0.2, 0.25) is 0 Å². The molecule has 0 spiro atoms.